The van der Waals surface area contributed by atoms with Crippen LogP contribution in [0.15, 0.2) is 53.5 Å². The Morgan fingerprint density at radius 3 is 2.22 bits per heavy atom. The first-order chi connectivity index (χ1) is 17.3. The van der Waals surface area contributed by atoms with Crippen molar-refractivity contribution in [2.75, 3.05) is 48.8 Å². The minimum absolute atomic E-state index is 0.383. The topological polar surface area (TPSA) is 77.9 Å². The molecule has 8 nitrogen and oxygen atoms in total. The highest BCUT2D eigenvalue weighted by Gasteiger charge is 2.22. The Kier molecular flexibility index (Phi) is 8.00. The number of nitrogens with zero attached hydrogens (tertiary/aromatic N) is 5. The standard InChI is InChI=1S/C27H33N7OS/c1-18-7-6-8-24(21(18)4)30-27(36)32-26(31-25-28-19(2)17-20(3)29-25)34-15-13-33(14-16-34)22-9-11-23(35-5)12-10-22/h6-12,17H,13-16H2,1-5H3,(H2,28,29,30,31,32,36). The number of rotatable bonds is 4. The quantitative estimate of drug-likeness (QED) is 0.301. The van der Waals surface area contributed by atoms with Crippen LogP contribution in [0.25, 0.3) is 0 Å². The second kappa shape index (κ2) is 11.3. The molecule has 9 heteroatoms. The van der Waals surface area contributed by atoms with Gasteiger partial charge < -0.3 is 19.9 Å². The number of ether oxygens (including phenoxy) is 1. The molecular formula is C27H33N7OS. The molecule has 0 spiro atoms. The lowest BCUT2D eigenvalue weighted by atomic mass is 10.1. The SMILES string of the molecule is COc1ccc(N2CCN(/C(=N\C(=S)Nc3cccc(C)c3C)Nc3nc(C)cc(C)n3)CC2)cc1. The molecule has 0 bridgehead atoms. The van der Waals surface area contributed by atoms with Gasteiger partial charge in [0, 0.05) is 48.9 Å². The predicted octanol–water partition coefficient (Wildman–Crippen LogP) is 4.71. The smallest absolute Gasteiger partial charge is 0.229 e. The van der Waals surface area contributed by atoms with Gasteiger partial charge in [-0.25, -0.2) is 9.97 Å². The summed E-state index contributed by atoms with van der Waals surface area (Å²) in [6.45, 7) is 11.3. The molecule has 0 amide bonds. The number of hydrogen-bond acceptors (Lipinski definition) is 5. The fourth-order valence-corrected chi connectivity index (χ4v) is 4.35. The number of hydrogen-bond donors (Lipinski definition) is 2. The van der Waals surface area contributed by atoms with Crippen LogP contribution in [0.3, 0.4) is 0 Å². The van der Waals surface area contributed by atoms with Gasteiger partial charge in [-0.05, 0) is 87.4 Å². The number of aromatic nitrogens is 2. The zero-order valence-corrected chi connectivity index (χ0v) is 22.3. The second-order valence-corrected chi connectivity index (χ2v) is 9.27. The van der Waals surface area contributed by atoms with Gasteiger partial charge in [-0.2, -0.15) is 4.99 Å². The van der Waals surface area contributed by atoms with E-state index in [0.717, 1.165) is 54.6 Å². The van der Waals surface area contributed by atoms with E-state index < -0.39 is 0 Å². The maximum Gasteiger partial charge on any atom is 0.229 e. The monoisotopic (exact) mass is 503 g/mol. The van der Waals surface area contributed by atoms with Gasteiger partial charge in [-0.1, -0.05) is 12.1 Å². The number of anilines is 3. The van der Waals surface area contributed by atoms with Gasteiger partial charge in [-0.3, -0.25) is 5.32 Å². The number of methoxy groups -OCH3 is 1. The van der Waals surface area contributed by atoms with Crippen LogP contribution in [-0.2, 0) is 0 Å². The van der Waals surface area contributed by atoms with E-state index in [-0.39, 0.29) is 0 Å². The van der Waals surface area contributed by atoms with Gasteiger partial charge in [-0.15, -0.1) is 0 Å². The van der Waals surface area contributed by atoms with Crippen molar-refractivity contribution in [1.29, 1.82) is 0 Å². The summed E-state index contributed by atoms with van der Waals surface area (Å²) >= 11 is 5.65. The Bertz CT molecular complexity index is 1230. The molecule has 2 aromatic carbocycles. The van der Waals surface area contributed by atoms with E-state index in [1.165, 1.54) is 11.3 Å². The summed E-state index contributed by atoms with van der Waals surface area (Å²) in [5.41, 5.74) is 6.26. The highest BCUT2D eigenvalue weighted by atomic mass is 32.1. The lowest BCUT2D eigenvalue weighted by Gasteiger charge is -2.37. The molecule has 0 unspecified atom stereocenters. The molecule has 0 saturated carbocycles. The highest BCUT2D eigenvalue weighted by Crippen LogP contribution is 2.21. The van der Waals surface area contributed by atoms with Gasteiger partial charge in [0.05, 0.1) is 7.11 Å². The largest absolute Gasteiger partial charge is 0.497 e. The van der Waals surface area contributed by atoms with Crippen LogP contribution in [0.2, 0.25) is 0 Å². The van der Waals surface area contributed by atoms with Crippen molar-refractivity contribution in [3.63, 3.8) is 0 Å². The molecule has 0 aliphatic carbocycles. The van der Waals surface area contributed by atoms with Gasteiger partial charge in [0.25, 0.3) is 0 Å². The lowest BCUT2D eigenvalue weighted by Crippen LogP contribution is -2.51. The summed E-state index contributed by atoms with van der Waals surface area (Å²) in [6.07, 6.45) is 0. The number of aryl methyl sites for hydroxylation is 3. The summed E-state index contributed by atoms with van der Waals surface area (Å²) in [7, 11) is 1.68. The third-order valence-corrected chi connectivity index (χ3v) is 6.47. The van der Waals surface area contributed by atoms with Crippen LogP contribution in [0.5, 0.6) is 5.75 Å². The Morgan fingerprint density at radius 1 is 0.917 bits per heavy atom. The molecule has 188 valence electrons. The Balaban J connectivity index is 1.53. The van der Waals surface area contributed by atoms with Crippen molar-refractivity contribution in [3.8, 4) is 5.75 Å². The van der Waals surface area contributed by atoms with Crippen LogP contribution in [0, 0.1) is 27.7 Å². The summed E-state index contributed by atoms with van der Waals surface area (Å²) in [5.74, 6) is 2.00. The Morgan fingerprint density at radius 2 is 1.58 bits per heavy atom. The molecule has 36 heavy (non-hydrogen) atoms. The molecule has 4 rings (SSSR count). The highest BCUT2D eigenvalue weighted by molar-refractivity contribution is 7.80. The van der Waals surface area contributed by atoms with Crippen LogP contribution < -0.4 is 20.3 Å². The summed E-state index contributed by atoms with van der Waals surface area (Å²) in [6, 6.07) is 16.2. The van der Waals surface area contributed by atoms with Crippen LogP contribution >= 0.6 is 12.2 Å². The number of guanidine groups is 1. The van der Waals surface area contributed by atoms with Gasteiger partial charge in [0.15, 0.2) is 0 Å². The van der Waals surface area contributed by atoms with Gasteiger partial charge in [0.1, 0.15) is 5.75 Å². The number of nitrogens with one attached hydrogen (secondary N) is 2. The first kappa shape index (κ1) is 25.4. The van der Waals surface area contributed by atoms with E-state index in [2.05, 4.69) is 62.4 Å². The van der Waals surface area contributed by atoms with E-state index in [9.17, 15) is 0 Å². The predicted molar refractivity (Wildman–Crippen MR) is 151 cm³/mol. The van der Waals surface area contributed by atoms with Crippen molar-refractivity contribution >= 4 is 40.6 Å². The summed E-state index contributed by atoms with van der Waals surface area (Å²) < 4.78 is 5.29. The number of aliphatic imine (C=N–C) groups is 1. The molecule has 1 aliphatic heterocycles. The molecule has 1 saturated heterocycles. The Labute approximate surface area is 218 Å². The van der Waals surface area contributed by atoms with E-state index in [1.807, 2.05) is 44.2 Å². The van der Waals surface area contributed by atoms with Crippen molar-refractivity contribution in [1.82, 2.24) is 14.9 Å². The second-order valence-electron chi connectivity index (χ2n) is 8.88. The molecule has 2 N–H and O–H groups in total. The maximum atomic E-state index is 5.65. The zero-order valence-electron chi connectivity index (χ0n) is 21.5. The van der Waals surface area contributed by atoms with Crippen molar-refractivity contribution in [2.45, 2.75) is 27.7 Å². The molecule has 1 aromatic heterocycles. The first-order valence-electron chi connectivity index (χ1n) is 12.0. The molecule has 0 radical (unpaired) electrons. The van der Waals surface area contributed by atoms with E-state index in [4.69, 9.17) is 21.9 Å². The van der Waals surface area contributed by atoms with E-state index in [1.54, 1.807) is 7.11 Å². The van der Waals surface area contributed by atoms with E-state index in [0.29, 0.717) is 17.0 Å². The summed E-state index contributed by atoms with van der Waals surface area (Å²) in [5, 5.41) is 7.01. The fraction of sp³-hybridized carbons (Fsp3) is 0.333. The normalized spacial score (nSPS) is 14.0. The third kappa shape index (κ3) is 6.28. The molecule has 1 aliphatic rings. The van der Waals surface area contributed by atoms with Gasteiger partial charge >= 0.3 is 0 Å². The minimum Gasteiger partial charge on any atom is -0.497 e. The molecule has 3 aromatic rings. The Hall–Kier alpha value is -3.72. The molecular weight excluding hydrogens is 470 g/mol. The lowest BCUT2D eigenvalue weighted by molar-refractivity contribution is 0.385. The first-order valence-corrected chi connectivity index (χ1v) is 12.4. The minimum atomic E-state index is 0.383. The average Bonchev–Trinajstić information content (AvgIpc) is 2.86. The van der Waals surface area contributed by atoms with Crippen LogP contribution in [0.4, 0.5) is 17.3 Å². The van der Waals surface area contributed by atoms with Crippen LogP contribution in [-0.4, -0.2) is 59.2 Å². The average molecular weight is 504 g/mol. The maximum absolute atomic E-state index is 5.65. The number of thiocarbonyl (C=S) groups is 1. The van der Waals surface area contributed by atoms with Gasteiger partial charge in [0.2, 0.25) is 17.0 Å². The molecule has 0 atom stereocenters. The van der Waals surface area contributed by atoms with Crippen LogP contribution in [0.1, 0.15) is 22.5 Å². The third-order valence-electron chi connectivity index (χ3n) is 6.28. The molecule has 1 fully saturated rings. The fourth-order valence-electron chi connectivity index (χ4n) is 4.15. The van der Waals surface area contributed by atoms with Crippen molar-refractivity contribution < 1.29 is 4.74 Å². The summed E-state index contributed by atoms with van der Waals surface area (Å²) in [4.78, 5) is 18.4. The number of benzene rings is 2. The number of piperazine rings is 1. The zero-order chi connectivity index (χ0) is 25.7. The van der Waals surface area contributed by atoms with E-state index >= 15 is 0 Å². The molecule has 2 heterocycles. The van der Waals surface area contributed by atoms with Crippen molar-refractivity contribution in [3.05, 3.63) is 71.0 Å². The van der Waals surface area contributed by atoms with Crippen molar-refractivity contribution in [2.24, 2.45) is 4.99 Å².